The number of thiocarbonyl (C=S) groups is 1. The molecule has 1 aliphatic rings. The molecule has 9 heteroatoms. The number of aliphatic carboxylic acids is 1. The van der Waals surface area contributed by atoms with E-state index < -0.39 is 17.7 Å². The number of benzene rings is 2. The van der Waals surface area contributed by atoms with Gasteiger partial charge in [0.1, 0.15) is 5.82 Å². The molecule has 2 aromatic carbocycles. The summed E-state index contributed by atoms with van der Waals surface area (Å²) >= 11 is 6.36. The number of halogens is 1. The van der Waals surface area contributed by atoms with Crippen molar-refractivity contribution in [3.05, 3.63) is 58.8 Å². The highest BCUT2D eigenvalue weighted by Gasteiger charge is 2.34. The van der Waals surface area contributed by atoms with Crippen LogP contribution in [-0.2, 0) is 9.59 Å². The van der Waals surface area contributed by atoms with E-state index in [1.807, 2.05) is 6.92 Å². The van der Waals surface area contributed by atoms with Crippen molar-refractivity contribution in [2.24, 2.45) is 0 Å². The van der Waals surface area contributed by atoms with Crippen molar-refractivity contribution >= 4 is 51.9 Å². The largest absolute Gasteiger partial charge is 0.490 e. The Bertz CT molecular complexity index is 1020. The lowest BCUT2D eigenvalue weighted by atomic mass is 10.1. The molecule has 1 fully saturated rings. The number of para-hydroxylation sites is 1. The minimum Gasteiger partial charge on any atom is -0.490 e. The van der Waals surface area contributed by atoms with Gasteiger partial charge < -0.3 is 14.6 Å². The lowest BCUT2D eigenvalue weighted by Crippen LogP contribution is -2.28. The predicted octanol–water partition coefficient (Wildman–Crippen LogP) is 4.48. The van der Waals surface area contributed by atoms with Crippen LogP contribution in [0.2, 0.25) is 0 Å². The monoisotopic (exact) mass is 447 g/mol. The SMILES string of the molecule is CCOc1cc(/C=C2/SC(=S)N(c3ccccc3F)C2=O)ccc1OCCC(=O)O. The van der Waals surface area contributed by atoms with E-state index in [4.69, 9.17) is 26.8 Å². The van der Waals surface area contributed by atoms with Gasteiger partial charge >= 0.3 is 5.97 Å². The first-order valence-electron chi connectivity index (χ1n) is 9.04. The summed E-state index contributed by atoms with van der Waals surface area (Å²) in [5.74, 6) is -1.05. The van der Waals surface area contributed by atoms with Gasteiger partial charge in [0, 0.05) is 0 Å². The van der Waals surface area contributed by atoms with Crippen LogP contribution in [0.1, 0.15) is 18.9 Å². The molecule has 0 aromatic heterocycles. The van der Waals surface area contributed by atoms with E-state index in [9.17, 15) is 14.0 Å². The lowest BCUT2D eigenvalue weighted by Gasteiger charge is -2.15. The number of carboxylic acids is 1. The number of hydrogen-bond acceptors (Lipinski definition) is 6. The fourth-order valence-corrected chi connectivity index (χ4v) is 4.00. The zero-order valence-electron chi connectivity index (χ0n) is 16.0. The summed E-state index contributed by atoms with van der Waals surface area (Å²) in [7, 11) is 0. The van der Waals surface area contributed by atoms with Crippen LogP contribution in [0.15, 0.2) is 47.4 Å². The Hall–Kier alpha value is -2.91. The van der Waals surface area contributed by atoms with Gasteiger partial charge in [0.05, 0.1) is 30.2 Å². The number of carbonyl (C=O) groups excluding carboxylic acids is 1. The zero-order valence-corrected chi connectivity index (χ0v) is 17.6. The molecule has 0 saturated carbocycles. The van der Waals surface area contributed by atoms with Gasteiger partial charge in [-0.2, -0.15) is 0 Å². The third-order valence-corrected chi connectivity index (χ3v) is 5.33. The third-order valence-electron chi connectivity index (χ3n) is 4.03. The maximum absolute atomic E-state index is 14.1. The Kier molecular flexibility index (Phi) is 7.07. The van der Waals surface area contributed by atoms with Crippen LogP contribution < -0.4 is 14.4 Å². The van der Waals surface area contributed by atoms with Crippen LogP contribution in [0, 0.1) is 5.82 Å². The lowest BCUT2D eigenvalue weighted by molar-refractivity contribution is -0.137. The summed E-state index contributed by atoms with van der Waals surface area (Å²) < 4.78 is 25.4. The van der Waals surface area contributed by atoms with Gasteiger partial charge in [-0.3, -0.25) is 14.5 Å². The van der Waals surface area contributed by atoms with Crippen molar-refractivity contribution in [2.45, 2.75) is 13.3 Å². The number of ether oxygens (including phenoxy) is 2. The molecule has 1 N–H and O–H groups in total. The quantitative estimate of drug-likeness (QED) is 0.472. The van der Waals surface area contributed by atoms with Gasteiger partial charge in [0.25, 0.3) is 5.91 Å². The number of anilines is 1. The molecule has 2 aromatic rings. The topological polar surface area (TPSA) is 76.1 Å². The van der Waals surface area contributed by atoms with E-state index in [2.05, 4.69) is 0 Å². The summed E-state index contributed by atoms with van der Waals surface area (Å²) in [4.78, 5) is 25.0. The van der Waals surface area contributed by atoms with E-state index >= 15 is 0 Å². The summed E-state index contributed by atoms with van der Waals surface area (Å²) in [6, 6.07) is 11.0. The van der Waals surface area contributed by atoms with Crippen molar-refractivity contribution in [1.29, 1.82) is 0 Å². The fourth-order valence-electron chi connectivity index (χ4n) is 2.71. The number of amides is 1. The van der Waals surface area contributed by atoms with Gasteiger partial charge in [0.2, 0.25) is 0 Å². The highest BCUT2D eigenvalue weighted by Crippen LogP contribution is 2.38. The van der Waals surface area contributed by atoms with Crippen molar-refractivity contribution < 1.29 is 28.6 Å². The van der Waals surface area contributed by atoms with Gasteiger partial charge in [0.15, 0.2) is 15.8 Å². The van der Waals surface area contributed by atoms with E-state index in [-0.39, 0.29) is 23.0 Å². The van der Waals surface area contributed by atoms with Crippen molar-refractivity contribution in [2.75, 3.05) is 18.1 Å². The molecule has 0 spiro atoms. The van der Waals surface area contributed by atoms with Crippen molar-refractivity contribution in [3.63, 3.8) is 0 Å². The molecule has 1 heterocycles. The van der Waals surface area contributed by atoms with E-state index in [0.29, 0.717) is 28.6 Å². The molecule has 156 valence electrons. The van der Waals surface area contributed by atoms with E-state index in [1.54, 1.807) is 36.4 Å². The minimum absolute atomic E-state index is 0.00997. The van der Waals surface area contributed by atoms with Gasteiger partial charge in [-0.05, 0) is 42.8 Å². The van der Waals surface area contributed by atoms with Crippen LogP contribution >= 0.6 is 24.0 Å². The van der Waals surface area contributed by atoms with Crippen LogP contribution in [0.4, 0.5) is 10.1 Å². The Morgan fingerprint density at radius 3 is 2.70 bits per heavy atom. The molecule has 6 nitrogen and oxygen atoms in total. The second-order valence-electron chi connectivity index (χ2n) is 6.10. The van der Waals surface area contributed by atoms with E-state index in [1.165, 1.54) is 17.0 Å². The highest BCUT2D eigenvalue weighted by molar-refractivity contribution is 8.27. The Balaban J connectivity index is 1.84. The van der Waals surface area contributed by atoms with Crippen molar-refractivity contribution in [1.82, 2.24) is 0 Å². The fraction of sp³-hybridized carbons (Fsp3) is 0.190. The minimum atomic E-state index is -0.957. The first-order chi connectivity index (χ1) is 14.4. The Labute approximate surface area is 182 Å². The number of carboxylic acid groups (broad SMARTS) is 1. The molecule has 0 bridgehead atoms. The molecular formula is C21H18FNO5S2. The average molecular weight is 448 g/mol. The molecule has 30 heavy (non-hydrogen) atoms. The Morgan fingerprint density at radius 2 is 2.00 bits per heavy atom. The summed E-state index contributed by atoms with van der Waals surface area (Å²) in [6.07, 6.45) is 1.51. The molecule has 0 unspecified atom stereocenters. The predicted molar refractivity (Wildman–Crippen MR) is 117 cm³/mol. The highest BCUT2D eigenvalue weighted by atomic mass is 32.2. The second-order valence-corrected chi connectivity index (χ2v) is 7.78. The van der Waals surface area contributed by atoms with Crippen molar-refractivity contribution in [3.8, 4) is 11.5 Å². The third kappa shape index (κ3) is 4.98. The van der Waals surface area contributed by atoms with Crippen LogP contribution in [0.5, 0.6) is 11.5 Å². The number of carbonyl (C=O) groups is 2. The van der Waals surface area contributed by atoms with Gasteiger partial charge in [-0.1, -0.05) is 42.2 Å². The number of rotatable bonds is 8. The molecular weight excluding hydrogens is 429 g/mol. The zero-order chi connectivity index (χ0) is 21.7. The van der Waals surface area contributed by atoms with E-state index in [0.717, 1.165) is 11.8 Å². The van der Waals surface area contributed by atoms with Crippen LogP contribution in [0.3, 0.4) is 0 Å². The number of hydrogen-bond donors (Lipinski definition) is 1. The average Bonchev–Trinajstić information content (AvgIpc) is 2.97. The molecule has 0 atom stereocenters. The van der Waals surface area contributed by atoms with Crippen LogP contribution in [-0.4, -0.2) is 34.5 Å². The molecule has 1 saturated heterocycles. The van der Waals surface area contributed by atoms with Gasteiger partial charge in [-0.15, -0.1) is 0 Å². The molecule has 1 aliphatic heterocycles. The maximum atomic E-state index is 14.1. The summed E-state index contributed by atoms with van der Waals surface area (Å²) in [6.45, 7) is 2.21. The number of nitrogens with zero attached hydrogens (tertiary/aromatic N) is 1. The smallest absolute Gasteiger partial charge is 0.306 e. The first-order valence-corrected chi connectivity index (χ1v) is 10.3. The summed E-state index contributed by atoms with van der Waals surface area (Å²) in [5.41, 5.74) is 0.777. The molecule has 0 radical (unpaired) electrons. The van der Waals surface area contributed by atoms with Gasteiger partial charge in [-0.25, -0.2) is 4.39 Å². The Morgan fingerprint density at radius 1 is 1.23 bits per heavy atom. The number of thioether (sulfide) groups is 1. The first kappa shape index (κ1) is 21.8. The normalized spacial score (nSPS) is 15.0. The summed E-state index contributed by atoms with van der Waals surface area (Å²) in [5, 5.41) is 8.74. The molecule has 0 aliphatic carbocycles. The second kappa shape index (κ2) is 9.73. The standard InChI is InChI=1S/C21H18FNO5S2/c1-2-27-17-11-13(7-8-16(17)28-10-9-19(24)25)12-18-20(26)23(21(29)30-18)15-6-4-3-5-14(15)22/h3-8,11-12H,2,9-10H2,1H3,(H,24,25)/b18-12+. The molecule has 1 amide bonds. The maximum Gasteiger partial charge on any atom is 0.306 e. The molecule has 3 rings (SSSR count). The van der Waals surface area contributed by atoms with Crippen LogP contribution in [0.25, 0.3) is 6.08 Å².